The Morgan fingerprint density at radius 1 is 1.67 bits per heavy atom. The molecule has 1 saturated carbocycles. The minimum absolute atomic E-state index is 0.153. The van der Waals surface area contributed by atoms with E-state index in [2.05, 4.69) is 28.0 Å². The van der Waals surface area contributed by atoms with Crippen LogP contribution in [0.1, 0.15) is 19.3 Å². The van der Waals surface area contributed by atoms with Crippen molar-refractivity contribution in [3.05, 3.63) is 0 Å². The van der Waals surface area contributed by atoms with Gasteiger partial charge in [-0.1, -0.05) is 5.92 Å². The summed E-state index contributed by atoms with van der Waals surface area (Å²) in [6, 6.07) is 0. The first-order valence-electron chi connectivity index (χ1n) is 2.84. The third-order valence-electron chi connectivity index (χ3n) is 1.66. The summed E-state index contributed by atoms with van der Waals surface area (Å²) in [5.74, 6) is 2.70. The maximum atomic E-state index is 5.39. The minimum atomic E-state index is -0.153. The van der Waals surface area contributed by atoms with Crippen molar-refractivity contribution in [3.8, 4) is 12.3 Å². The van der Waals surface area contributed by atoms with Crippen LogP contribution in [0.2, 0.25) is 0 Å². The molecule has 1 nitrogen and oxygen atoms in total. The van der Waals surface area contributed by atoms with Gasteiger partial charge in [-0.25, -0.2) is 0 Å². The molecule has 0 heterocycles. The molecule has 0 saturated heterocycles. The molecular weight excluding hydrogens is 246 g/mol. The van der Waals surface area contributed by atoms with Crippen LogP contribution in [0.5, 0.6) is 0 Å². The van der Waals surface area contributed by atoms with Crippen LogP contribution in [0, 0.1) is 12.3 Å². The fraction of sp³-hybridized carbons (Fsp3) is 0.667. The Morgan fingerprint density at radius 3 is 2.44 bits per heavy atom. The lowest BCUT2D eigenvalue weighted by atomic mass is 9.81. The molecular formula is C6H8IOP. The number of hydrogen-bond donors (Lipinski definition) is 0. The molecule has 0 aromatic rings. The lowest BCUT2D eigenvalue weighted by Crippen LogP contribution is -2.35. The fourth-order valence-electron chi connectivity index (χ4n) is 0.848. The topological polar surface area (TPSA) is 9.23 Å². The van der Waals surface area contributed by atoms with Crippen molar-refractivity contribution in [2.24, 2.45) is 0 Å². The first-order chi connectivity index (χ1) is 4.33. The Morgan fingerprint density at radius 2 is 2.33 bits per heavy atom. The quantitative estimate of drug-likeness (QED) is 0.418. The standard InChI is InChI=1S/C6H8IOP/c1-2-6(8-9-7)4-3-5-6/h1,9H,3-5H2. The van der Waals surface area contributed by atoms with Crippen LogP contribution in [0.3, 0.4) is 0 Å². The van der Waals surface area contributed by atoms with Crippen molar-refractivity contribution in [2.75, 3.05) is 0 Å². The second-order valence-corrected chi connectivity index (χ2v) is 3.85. The van der Waals surface area contributed by atoms with E-state index in [-0.39, 0.29) is 5.60 Å². The van der Waals surface area contributed by atoms with Gasteiger partial charge in [-0.05, 0) is 41.3 Å². The highest BCUT2D eigenvalue weighted by atomic mass is 127. The van der Waals surface area contributed by atoms with Gasteiger partial charge in [0.15, 0.2) is 0 Å². The van der Waals surface area contributed by atoms with Gasteiger partial charge < -0.3 is 4.52 Å². The SMILES string of the molecule is C#CC1(OPI)CCC1. The Bertz CT molecular complexity index is 136. The summed E-state index contributed by atoms with van der Waals surface area (Å²) in [4.78, 5) is 0. The van der Waals surface area contributed by atoms with Crippen molar-refractivity contribution < 1.29 is 4.52 Å². The maximum Gasteiger partial charge on any atom is 0.133 e. The average molecular weight is 254 g/mol. The van der Waals surface area contributed by atoms with Crippen molar-refractivity contribution in [2.45, 2.75) is 24.9 Å². The molecule has 0 bridgehead atoms. The van der Waals surface area contributed by atoms with E-state index < -0.39 is 0 Å². The molecule has 1 atom stereocenters. The number of hydrogen-bond acceptors (Lipinski definition) is 1. The van der Waals surface area contributed by atoms with Crippen LogP contribution in [0.15, 0.2) is 0 Å². The first-order valence-corrected chi connectivity index (χ1v) is 6.87. The predicted molar refractivity (Wildman–Crippen MR) is 48.8 cm³/mol. The second-order valence-electron chi connectivity index (χ2n) is 2.17. The lowest BCUT2D eigenvalue weighted by Gasteiger charge is -2.35. The molecule has 0 radical (unpaired) electrons. The number of halogens is 1. The van der Waals surface area contributed by atoms with Gasteiger partial charge in [-0.15, -0.1) is 6.42 Å². The Labute approximate surface area is 70.3 Å². The van der Waals surface area contributed by atoms with Gasteiger partial charge in [0.25, 0.3) is 0 Å². The number of terminal acetylenes is 1. The van der Waals surface area contributed by atoms with Crippen molar-refractivity contribution in [1.82, 2.24) is 0 Å². The molecule has 3 heteroatoms. The van der Waals surface area contributed by atoms with E-state index in [0.717, 1.165) is 12.8 Å². The van der Waals surface area contributed by atoms with Crippen LogP contribution >= 0.6 is 28.5 Å². The molecule has 0 N–H and O–H groups in total. The van der Waals surface area contributed by atoms with Crippen LogP contribution in [-0.2, 0) is 4.52 Å². The zero-order chi connectivity index (χ0) is 6.74. The van der Waals surface area contributed by atoms with Crippen molar-refractivity contribution >= 4 is 28.5 Å². The Kier molecular flexibility index (Phi) is 2.75. The second kappa shape index (κ2) is 3.18. The Balaban J connectivity index is 2.40. The van der Waals surface area contributed by atoms with E-state index in [4.69, 9.17) is 10.9 Å². The highest BCUT2D eigenvalue weighted by molar-refractivity contribution is 14.2. The molecule has 1 aliphatic carbocycles. The van der Waals surface area contributed by atoms with Crippen LogP contribution < -0.4 is 0 Å². The molecule has 1 fully saturated rings. The molecule has 0 spiro atoms. The minimum Gasteiger partial charge on any atom is -0.333 e. The largest absolute Gasteiger partial charge is 0.333 e. The molecule has 0 aromatic heterocycles. The Hall–Kier alpha value is 0.680. The van der Waals surface area contributed by atoms with E-state index in [1.807, 2.05) is 0 Å². The molecule has 0 aromatic carbocycles. The predicted octanol–water partition coefficient (Wildman–Crippen LogP) is 2.50. The van der Waals surface area contributed by atoms with E-state index >= 15 is 0 Å². The fourth-order valence-corrected chi connectivity index (χ4v) is 2.52. The molecule has 0 aliphatic heterocycles. The summed E-state index contributed by atoms with van der Waals surface area (Å²) in [5, 5.41) is 0. The summed E-state index contributed by atoms with van der Waals surface area (Å²) in [6.07, 6.45) is 8.62. The van der Waals surface area contributed by atoms with Crippen LogP contribution in [0.25, 0.3) is 0 Å². The lowest BCUT2D eigenvalue weighted by molar-refractivity contribution is 0.0709. The van der Waals surface area contributed by atoms with E-state index in [0.29, 0.717) is 6.45 Å². The van der Waals surface area contributed by atoms with E-state index in [1.165, 1.54) is 6.42 Å². The molecule has 9 heavy (non-hydrogen) atoms. The summed E-state index contributed by atoms with van der Waals surface area (Å²) in [7, 11) is 0. The maximum absolute atomic E-state index is 5.39. The summed E-state index contributed by atoms with van der Waals surface area (Å²) < 4.78 is 5.39. The highest BCUT2D eigenvalue weighted by Gasteiger charge is 2.35. The van der Waals surface area contributed by atoms with Gasteiger partial charge >= 0.3 is 0 Å². The summed E-state index contributed by atoms with van der Waals surface area (Å²) >= 11 is 2.20. The van der Waals surface area contributed by atoms with Crippen LogP contribution in [-0.4, -0.2) is 5.60 Å². The van der Waals surface area contributed by atoms with Crippen LogP contribution in [0.4, 0.5) is 0 Å². The van der Waals surface area contributed by atoms with Gasteiger partial charge in [0.05, 0.1) is 6.45 Å². The van der Waals surface area contributed by atoms with Gasteiger partial charge in [-0.2, -0.15) is 0 Å². The normalized spacial score (nSPS) is 23.6. The molecule has 1 rings (SSSR count). The summed E-state index contributed by atoms with van der Waals surface area (Å²) in [5.41, 5.74) is -0.153. The van der Waals surface area contributed by atoms with Gasteiger partial charge in [-0.3, -0.25) is 0 Å². The third kappa shape index (κ3) is 1.58. The van der Waals surface area contributed by atoms with E-state index in [1.54, 1.807) is 0 Å². The third-order valence-corrected chi connectivity index (χ3v) is 2.79. The first kappa shape index (κ1) is 7.78. The van der Waals surface area contributed by atoms with Gasteiger partial charge in [0.1, 0.15) is 5.60 Å². The summed E-state index contributed by atoms with van der Waals surface area (Å²) in [6.45, 7) is 0.502. The zero-order valence-corrected chi connectivity index (χ0v) is 8.14. The van der Waals surface area contributed by atoms with Crippen molar-refractivity contribution in [1.29, 1.82) is 0 Å². The zero-order valence-electron chi connectivity index (χ0n) is 4.98. The van der Waals surface area contributed by atoms with Gasteiger partial charge in [0.2, 0.25) is 0 Å². The number of rotatable bonds is 2. The highest BCUT2D eigenvalue weighted by Crippen LogP contribution is 2.42. The average Bonchev–Trinajstić information content (AvgIpc) is 1.79. The molecule has 50 valence electrons. The molecule has 1 unspecified atom stereocenters. The van der Waals surface area contributed by atoms with Gasteiger partial charge in [0, 0.05) is 0 Å². The molecule has 1 aliphatic rings. The monoisotopic (exact) mass is 254 g/mol. The van der Waals surface area contributed by atoms with Crippen molar-refractivity contribution in [3.63, 3.8) is 0 Å². The smallest absolute Gasteiger partial charge is 0.133 e. The molecule has 0 amide bonds. The van der Waals surface area contributed by atoms with E-state index in [9.17, 15) is 0 Å².